The van der Waals surface area contributed by atoms with Gasteiger partial charge < -0.3 is 0 Å². The van der Waals surface area contributed by atoms with Gasteiger partial charge in [0.25, 0.3) is 0 Å². The van der Waals surface area contributed by atoms with Crippen LogP contribution in [-0.4, -0.2) is 22.8 Å². The summed E-state index contributed by atoms with van der Waals surface area (Å²) in [6, 6.07) is 10.6. The summed E-state index contributed by atoms with van der Waals surface area (Å²) in [5, 5.41) is 0. The van der Waals surface area contributed by atoms with Gasteiger partial charge in [0.1, 0.15) is 0 Å². The zero-order chi connectivity index (χ0) is 26.2. The molecule has 38 heavy (non-hydrogen) atoms. The third-order valence-corrected chi connectivity index (χ3v) is 7.55. The molecule has 1 aromatic rings. The Kier molecular flexibility index (Phi) is 6.32. The van der Waals surface area contributed by atoms with E-state index >= 15 is 0 Å². The maximum Gasteiger partial charge on any atom is 0.0740 e. The van der Waals surface area contributed by atoms with E-state index in [1.54, 1.807) is 0 Å². The molecule has 0 saturated heterocycles. The van der Waals surface area contributed by atoms with Crippen LogP contribution in [-0.2, 0) is 0 Å². The molecule has 0 atom stereocenters. The number of allylic oxidation sites excluding steroid dienone is 12. The van der Waals surface area contributed by atoms with E-state index in [-0.39, 0.29) is 0 Å². The lowest BCUT2D eigenvalue weighted by molar-refractivity contribution is 1.04. The third-order valence-electron chi connectivity index (χ3n) is 7.55. The largest absolute Gasteiger partial charge is 0.249 e. The molecule has 4 heteroatoms. The van der Waals surface area contributed by atoms with Crippen molar-refractivity contribution in [1.82, 2.24) is 0 Å². The minimum Gasteiger partial charge on any atom is -0.249 e. The van der Waals surface area contributed by atoms with E-state index in [9.17, 15) is 0 Å². The molecular formula is C34H32N4. The number of hydrogen-bond acceptors (Lipinski definition) is 4. The molecule has 6 rings (SSSR count). The number of benzene rings is 1. The summed E-state index contributed by atoms with van der Waals surface area (Å²) >= 11 is 0. The van der Waals surface area contributed by atoms with Gasteiger partial charge in [-0.3, -0.25) is 0 Å². The SMILES string of the molecule is CCC1=C(CC)C2=NC1=CC1=NC(=CC3=NC(=CC4=NC(=C2CC)C(CC)=C4c2ccccc2)C=C3)C=C1. The Labute approximate surface area is 225 Å². The van der Waals surface area contributed by atoms with Crippen LogP contribution in [0.1, 0.15) is 58.9 Å². The van der Waals surface area contributed by atoms with E-state index in [0.29, 0.717) is 0 Å². The molecule has 4 nitrogen and oxygen atoms in total. The van der Waals surface area contributed by atoms with E-state index in [1.165, 1.54) is 33.4 Å². The average molecular weight is 497 g/mol. The quantitative estimate of drug-likeness (QED) is 0.394. The molecule has 0 amide bonds. The molecule has 0 spiro atoms. The Bertz CT molecular complexity index is 1600. The van der Waals surface area contributed by atoms with Crippen molar-refractivity contribution in [2.45, 2.75) is 53.4 Å². The van der Waals surface area contributed by atoms with Gasteiger partial charge in [0, 0.05) is 11.1 Å². The second-order valence-corrected chi connectivity index (χ2v) is 9.78. The maximum atomic E-state index is 5.34. The van der Waals surface area contributed by atoms with Crippen LogP contribution in [0.15, 0.2) is 138 Å². The summed E-state index contributed by atoms with van der Waals surface area (Å²) in [5.74, 6) is 0. The van der Waals surface area contributed by atoms with Crippen LogP contribution >= 0.6 is 0 Å². The van der Waals surface area contributed by atoms with Gasteiger partial charge in [-0.1, -0.05) is 58.0 Å². The predicted octanol–water partition coefficient (Wildman–Crippen LogP) is 8.23. The summed E-state index contributed by atoms with van der Waals surface area (Å²) in [6.45, 7) is 8.91. The van der Waals surface area contributed by atoms with E-state index in [4.69, 9.17) is 20.0 Å². The summed E-state index contributed by atoms with van der Waals surface area (Å²) in [4.78, 5) is 20.4. The minimum absolute atomic E-state index is 0.858. The molecule has 8 bridgehead atoms. The monoisotopic (exact) mass is 496 g/mol. The Morgan fingerprint density at radius 2 is 1.18 bits per heavy atom. The Hall–Kier alpha value is -4.18. The fraction of sp³-hybridized carbons (Fsp3) is 0.235. The van der Waals surface area contributed by atoms with E-state index in [0.717, 1.165) is 71.3 Å². The second-order valence-electron chi connectivity index (χ2n) is 9.78. The molecule has 188 valence electrons. The highest BCUT2D eigenvalue weighted by Crippen LogP contribution is 2.41. The van der Waals surface area contributed by atoms with Crippen molar-refractivity contribution in [3.05, 3.63) is 124 Å². The number of rotatable bonds is 5. The van der Waals surface area contributed by atoms with Crippen molar-refractivity contribution in [1.29, 1.82) is 0 Å². The van der Waals surface area contributed by atoms with Gasteiger partial charge in [-0.15, -0.1) is 0 Å². The molecule has 0 fully saturated rings. The lowest BCUT2D eigenvalue weighted by atomic mass is 9.89. The third kappa shape index (κ3) is 4.10. The Balaban J connectivity index is 1.67. The van der Waals surface area contributed by atoms with Crippen molar-refractivity contribution >= 4 is 28.4 Å². The van der Waals surface area contributed by atoms with Gasteiger partial charge in [0.05, 0.1) is 45.6 Å². The fourth-order valence-corrected chi connectivity index (χ4v) is 5.83. The summed E-state index contributed by atoms with van der Waals surface area (Å²) < 4.78 is 0. The molecule has 0 aromatic heterocycles. The fourth-order valence-electron chi connectivity index (χ4n) is 5.83. The Morgan fingerprint density at radius 3 is 1.84 bits per heavy atom. The molecule has 0 unspecified atom stereocenters. The van der Waals surface area contributed by atoms with Crippen molar-refractivity contribution in [3.8, 4) is 0 Å². The van der Waals surface area contributed by atoms with Crippen LogP contribution in [0, 0.1) is 0 Å². The number of hydrogen-bond donors (Lipinski definition) is 0. The molecule has 0 radical (unpaired) electrons. The smallest absolute Gasteiger partial charge is 0.0740 e. The predicted molar refractivity (Wildman–Crippen MR) is 161 cm³/mol. The average Bonchev–Trinajstić information content (AvgIpc) is 3.71. The minimum atomic E-state index is 0.858. The standard InChI is InChI=1S/C34H32N4/c1-5-26-27(6-2)33-29(8-4)34-28(7-3)32(21-12-10-9-11-13-21)31(38-34)20-25-17-15-23(36-25)18-22-14-16-24(35-22)19-30(26)37-33/h9-20H,5-8H2,1-4H3. The van der Waals surface area contributed by atoms with E-state index in [2.05, 4.69) is 82.3 Å². The molecule has 0 saturated carbocycles. The van der Waals surface area contributed by atoms with Gasteiger partial charge in [0.2, 0.25) is 0 Å². The van der Waals surface area contributed by atoms with Crippen molar-refractivity contribution in [3.63, 3.8) is 0 Å². The van der Waals surface area contributed by atoms with Gasteiger partial charge in [-0.2, -0.15) is 0 Å². The summed E-state index contributed by atoms with van der Waals surface area (Å²) in [7, 11) is 0. The van der Waals surface area contributed by atoms with Crippen molar-refractivity contribution < 1.29 is 0 Å². The first-order valence-electron chi connectivity index (χ1n) is 13.7. The van der Waals surface area contributed by atoms with Crippen LogP contribution in [0.4, 0.5) is 0 Å². The Morgan fingerprint density at radius 1 is 0.553 bits per heavy atom. The molecule has 5 aliphatic rings. The number of aliphatic imine (C=N–C) groups is 4. The highest BCUT2D eigenvalue weighted by Gasteiger charge is 2.30. The summed E-state index contributed by atoms with van der Waals surface area (Å²) in [5.41, 5.74) is 15.3. The highest BCUT2D eigenvalue weighted by molar-refractivity contribution is 6.34. The van der Waals surface area contributed by atoms with Gasteiger partial charge in [0.15, 0.2) is 0 Å². The van der Waals surface area contributed by atoms with Crippen molar-refractivity contribution in [2.24, 2.45) is 20.0 Å². The van der Waals surface area contributed by atoms with Crippen LogP contribution in [0.3, 0.4) is 0 Å². The highest BCUT2D eigenvalue weighted by atomic mass is 14.9. The molecule has 1 aromatic carbocycles. The maximum absolute atomic E-state index is 5.34. The van der Waals surface area contributed by atoms with Gasteiger partial charge in [-0.25, -0.2) is 20.0 Å². The molecule has 0 aliphatic carbocycles. The van der Waals surface area contributed by atoms with Crippen LogP contribution in [0.2, 0.25) is 0 Å². The zero-order valence-electron chi connectivity index (χ0n) is 22.5. The lowest BCUT2D eigenvalue weighted by Gasteiger charge is -2.14. The first-order chi connectivity index (χ1) is 18.6. The first-order valence-corrected chi connectivity index (χ1v) is 13.7. The normalized spacial score (nSPS) is 20.1. The molecule has 5 aliphatic heterocycles. The summed E-state index contributed by atoms with van der Waals surface area (Å²) in [6.07, 6.45) is 18.1. The van der Waals surface area contributed by atoms with Crippen LogP contribution < -0.4 is 0 Å². The molecular weight excluding hydrogens is 464 g/mol. The van der Waals surface area contributed by atoms with Gasteiger partial charge >= 0.3 is 0 Å². The number of fused-ring (bicyclic) bond motifs is 4. The second kappa shape index (κ2) is 9.94. The van der Waals surface area contributed by atoms with Crippen molar-refractivity contribution in [2.75, 3.05) is 0 Å². The lowest BCUT2D eigenvalue weighted by Crippen LogP contribution is -2.07. The topological polar surface area (TPSA) is 49.4 Å². The van der Waals surface area contributed by atoms with Gasteiger partial charge in [-0.05, 0) is 90.5 Å². The first kappa shape index (κ1) is 24.2. The zero-order valence-corrected chi connectivity index (χ0v) is 22.5. The van der Waals surface area contributed by atoms with Crippen LogP contribution in [0.5, 0.6) is 0 Å². The van der Waals surface area contributed by atoms with E-state index < -0.39 is 0 Å². The molecule has 5 heterocycles. The van der Waals surface area contributed by atoms with E-state index in [1.807, 2.05) is 18.2 Å². The van der Waals surface area contributed by atoms with Crippen LogP contribution in [0.25, 0.3) is 5.57 Å². The molecule has 0 N–H and O–H groups in total. The number of nitrogens with zero attached hydrogens (tertiary/aromatic N) is 4.